The number of nitrogens with zero attached hydrogens (tertiary/aromatic N) is 1. The Morgan fingerprint density at radius 3 is 2.60 bits per heavy atom. The Morgan fingerprint density at radius 1 is 1.05 bits per heavy atom. The molecule has 0 fully saturated rings. The molecule has 1 aromatic heterocycles. The smallest absolute Gasteiger partial charge is 0.153 e. The van der Waals surface area contributed by atoms with Gasteiger partial charge in [0.15, 0.2) is 5.75 Å². The highest BCUT2D eigenvalue weighted by atomic mass is 35.5. The number of anilines is 1. The van der Waals surface area contributed by atoms with Crippen LogP contribution in [0.25, 0.3) is 10.9 Å². The van der Waals surface area contributed by atoms with Crippen LogP contribution in [0.2, 0.25) is 5.02 Å². The van der Waals surface area contributed by atoms with Gasteiger partial charge in [0.2, 0.25) is 0 Å². The molecule has 0 saturated heterocycles. The maximum atomic E-state index is 5.97. The first-order chi connectivity index (χ1) is 9.74. The van der Waals surface area contributed by atoms with Crippen LogP contribution in [0.5, 0.6) is 5.75 Å². The Morgan fingerprint density at radius 2 is 1.80 bits per heavy atom. The van der Waals surface area contributed by atoms with Gasteiger partial charge in [-0.25, -0.2) is 0 Å². The van der Waals surface area contributed by atoms with Gasteiger partial charge < -0.3 is 10.5 Å². The molecule has 0 saturated carbocycles. The van der Waals surface area contributed by atoms with Gasteiger partial charge in [0.25, 0.3) is 0 Å². The molecule has 1 heterocycles. The fraction of sp³-hybridized carbons (Fsp3) is 0.0625. The Balaban J connectivity index is 1.90. The van der Waals surface area contributed by atoms with Gasteiger partial charge >= 0.3 is 0 Å². The van der Waals surface area contributed by atoms with Crippen LogP contribution < -0.4 is 10.5 Å². The van der Waals surface area contributed by atoms with Crippen molar-refractivity contribution in [3.8, 4) is 5.75 Å². The number of nitrogens with two attached hydrogens (primary N) is 1. The summed E-state index contributed by atoms with van der Waals surface area (Å²) in [6.07, 6.45) is 1.62. The van der Waals surface area contributed by atoms with Crippen molar-refractivity contribution < 1.29 is 4.74 Å². The summed E-state index contributed by atoms with van der Waals surface area (Å²) in [5.41, 5.74) is 8.41. The Labute approximate surface area is 122 Å². The van der Waals surface area contributed by atoms with Crippen molar-refractivity contribution in [2.24, 2.45) is 0 Å². The number of hydrogen-bond acceptors (Lipinski definition) is 3. The summed E-state index contributed by atoms with van der Waals surface area (Å²) >= 11 is 5.86. The van der Waals surface area contributed by atoms with Gasteiger partial charge in [-0.2, -0.15) is 0 Å². The lowest BCUT2D eigenvalue weighted by Crippen LogP contribution is -2.00. The molecule has 2 N–H and O–H groups in total. The Hall–Kier alpha value is -2.26. The number of para-hydroxylation sites is 1. The van der Waals surface area contributed by atoms with Gasteiger partial charge in [-0.05, 0) is 29.8 Å². The van der Waals surface area contributed by atoms with Crippen LogP contribution in [0.4, 0.5) is 5.69 Å². The summed E-state index contributed by atoms with van der Waals surface area (Å²) in [6.45, 7) is 0.440. The predicted molar refractivity (Wildman–Crippen MR) is 81.9 cm³/mol. The first kappa shape index (κ1) is 12.8. The maximum Gasteiger partial charge on any atom is 0.153 e. The summed E-state index contributed by atoms with van der Waals surface area (Å²) in [7, 11) is 0. The van der Waals surface area contributed by atoms with Gasteiger partial charge in [0.1, 0.15) is 6.61 Å². The lowest BCUT2D eigenvalue weighted by Gasteiger charge is -2.11. The van der Waals surface area contributed by atoms with E-state index < -0.39 is 0 Å². The minimum Gasteiger partial charge on any atom is -0.486 e. The molecule has 0 bridgehead atoms. The van der Waals surface area contributed by atoms with Crippen LogP contribution in [0, 0.1) is 0 Å². The van der Waals surface area contributed by atoms with E-state index in [-0.39, 0.29) is 0 Å². The molecule has 0 radical (unpaired) electrons. The molecule has 4 heteroatoms. The molecule has 100 valence electrons. The summed E-state index contributed by atoms with van der Waals surface area (Å²) in [5.74, 6) is 0.672. The molecule has 3 aromatic rings. The van der Waals surface area contributed by atoms with Crippen LogP contribution in [0.3, 0.4) is 0 Å². The van der Waals surface area contributed by atoms with E-state index in [1.807, 2.05) is 48.5 Å². The highest BCUT2D eigenvalue weighted by Gasteiger charge is 2.07. The number of benzene rings is 2. The maximum absolute atomic E-state index is 5.97. The van der Waals surface area contributed by atoms with Gasteiger partial charge in [-0.15, -0.1) is 0 Å². The van der Waals surface area contributed by atoms with Crippen molar-refractivity contribution in [1.82, 2.24) is 4.98 Å². The van der Waals surface area contributed by atoms with Gasteiger partial charge in [0.05, 0.1) is 17.4 Å². The van der Waals surface area contributed by atoms with E-state index in [9.17, 15) is 0 Å². The number of pyridine rings is 1. The SMILES string of the molecule is Nc1cnc2ccccc2c1OCc1ccc(Cl)cc1. The van der Waals surface area contributed by atoms with Crippen molar-refractivity contribution in [2.45, 2.75) is 6.61 Å². The normalized spacial score (nSPS) is 10.7. The zero-order chi connectivity index (χ0) is 13.9. The third-order valence-corrected chi connectivity index (χ3v) is 3.30. The average Bonchev–Trinajstić information content (AvgIpc) is 2.48. The number of nitrogen functional groups attached to an aromatic ring is 1. The van der Waals surface area contributed by atoms with E-state index in [1.165, 1.54) is 0 Å². The minimum atomic E-state index is 0.440. The summed E-state index contributed by atoms with van der Waals surface area (Å²) in [4.78, 5) is 4.29. The Kier molecular flexibility index (Phi) is 3.44. The lowest BCUT2D eigenvalue weighted by atomic mass is 10.2. The fourth-order valence-electron chi connectivity index (χ4n) is 2.03. The largest absolute Gasteiger partial charge is 0.486 e. The number of hydrogen-bond donors (Lipinski definition) is 1. The van der Waals surface area contributed by atoms with Crippen molar-refractivity contribution in [3.05, 3.63) is 65.3 Å². The van der Waals surface area contributed by atoms with Crippen LogP contribution in [0.15, 0.2) is 54.7 Å². The quantitative estimate of drug-likeness (QED) is 0.789. The molecule has 0 aliphatic heterocycles. The molecule has 3 nitrogen and oxygen atoms in total. The van der Waals surface area contributed by atoms with Crippen molar-refractivity contribution in [3.63, 3.8) is 0 Å². The molecule has 0 atom stereocenters. The van der Waals surface area contributed by atoms with E-state index in [4.69, 9.17) is 22.1 Å². The van der Waals surface area contributed by atoms with Crippen LogP contribution in [-0.2, 0) is 6.61 Å². The van der Waals surface area contributed by atoms with Crippen molar-refractivity contribution in [2.75, 3.05) is 5.73 Å². The fourth-order valence-corrected chi connectivity index (χ4v) is 2.15. The van der Waals surface area contributed by atoms with E-state index in [1.54, 1.807) is 6.20 Å². The second-order valence-corrected chi connectivity index (χ2v) is 4.91. The molecular weight excluding hydrogens is 272 g/mol. The van der Waals surface area contributed by atoms with Crippen LogP contribution in [0.1, 0.15) is 5.56 Å². The van der Waals surface area contributed by atoms with E-state index in [0.717, 1.165) is 16.5 Å². The second-order valence-electron chi connectivity index (χ2n) is 4.47. The van der Waals surface area contributed by atoms with Gasteiger partial charge in [0, 0.05) is 10.4 Å². The molecule has 0 aliphatic rings. The second kappa shape index (κ2) is 5.39. The Bertz CT molecular complexity index is 741. The average molecular weight is 285 g/mol. The summed E-state index contributed by atoms with van der Waals surface area (Å²) in [5, 5.41) is 1.63. The molecular formula is C16H13ClN2O. The molecule has 0 unspecified atom stereocenters. The summed E-state index contributed by atoms with van der Waals surface area (Å²) < 4.78 is 5.87. The monoisotopic (exact) mass is 284 g/mol. The zero-order valence-electron chi connectivity index (χ0n) is 10.7. The van der Waals surface area contributed by atoms with Crippen LogP contribution >= 0.6 is 11.6 Å². The lowest BCUT2D eigenvalue weighted by molar-refractivity contribution is 0.311. The molecule has 0 spiro atoms. The van der Waals surface area contributed by atoms with E-state index in [2.05, 4.69) is 4.98 Å². The standard InChI is InChI=1S/C16H13ClN2O/c17-12-7-5-11(6-8-12)10-20-16-13-3-1-2-4-15(13)19-9-14(16)18/h1-9H,10,18H2. The van der Waals surface area contributed by atoms with Crippen molar-refractivity contribution in [1.29, 1.82) is 0 Å². The molecule has 0 aliphatic carbocycles. The predicted octanol–water partition coefficient (Wildman–Crippen LogP) is 4.05. The number of aromatic nitrogens is 1. The van der Waals surface area contributed by atoms with Gasteiger partial charge in [-0.1, -0.05) is 35.9 Å². The highest BCUT2D eigenvalue weighted by molar-refractivity contribution is 6.30. The minimum absolute atomic E-state index is 0.440. The van der Waals surface area contributed by atoms with E-state index in [0.29, 0.717) is 23.1 Å². The third kappa shape index (κ3) is 2.53. The first-order valence-electron chi connectivity index (χ1n) is 6.24. The molecule has 2 aromatic carbocycles. The highest BCUT2D eigenvalue weighted by Crippen LogP contribution is 2.30. The molecule has 3 rings (SSSR count). The number of fused-ring (bicyclic) bond motifs is 1. The molecule has 0 amide bonds. The number of rotatable bonds is 3. The van der Waals surface area contributed by atoms with Gasteiger partial charge in [-0.3, -0.25) is 4.98 Å². The number of ether oxygens (including phenoxy) is 1. The topological polar surface area (TPSA) is 48.1 Å². The molecule has 20 heavy (non-hydrogen) atoms. The van der Waals surface area contributed by atoms with Crippen LogP contribution in [-0.4, -0.2) is 4.98 Å². The zero-order valence-corrected chi connectivity index (χ0v) is 11.5. The van der Waals surface area contributed by atoms with Crippen molar-refractivity contribution >= 4 is 28.2 Å². The first-order valence-corrected chi connectivity index (χ1v) is 6.62. The third-order valence-electron chi connectivity index (χ3n) is 3.05. The summed E-state index contributed by atoms with van der Waals surface area (Å²) in [6, 6.07) is 15.3. The van der Waals surface area contributed by atoms with E-state index >= 15 is 0 Å². The number of halogens is 1.